The number of nitrogens with zero attached hydrogens (tertiary/aromatic N) is 1. The largest absolute Gasteiger partial charge is 0.496 e. The number of halogens is 1. The van der Waals surface area contributed by atoms with Crippen molar-refractivity contribution < 1.29 is 14.1 Å². The smallest absolute Gasteiger partial charge is 0.292 e. The first-order valence-corrected chi connectivity index (χ1v) is 6.36. The number of nitro groups is 1. The van der Waals surface area contributed by atoms with Gasteiger partial charge in [-0.15, -0.1) is 0 Å². The maximum absolute atomic E-state index is 13.4. The molecular formula is C15H15FN2O3. The van der Waals surface area contributed by atoms with Crippen molar-refractivity contribution in [1.82, 2.24) is 0 Å². The molecule has 110 valence electrons. The Bertz CT molecular complexity index is 661. The zero-order chi connectivity index (χ0) is 15.4. The first-order valence-electron chi connectivity index (χ1n) is 6.36. The summed E-state index contributed by atoms with van der Waals surface area (Å²) in [5.74, 6) is 0.136. The minimum Gasteiger partial charge on any atom is -0.496 e. The molecule has 0 bridgehead atoms. The summed E-state index contributed by atoms with van der Waals surface area (Å²) in [6.45, 7) is 1.79. The van der Waals surface area contributed by atoms with Crippen molar-refractivity contribution in [3.05, 3.63) is 64.0 Å². The zero-order valence-electron chi connectivity index (χ0n) is 11.7. The van der Waals surface area contributed by atoms with E-state index >= 15 is 0 Å². The molecule has 0 aliphatic heterocycles. The summed E-state index contributed by atoms with van der Waals surface area (Å²) in [4.78, 5) is 10.5. The fourth-order valence-corrected chi connectivity index (χ4v) is 2.11. The normalized spacial score (nSPS) is 11.8. The van der Waals surface area contributed by atoms with Crippen LogP contribution in [0.3, 0.4) is 0 Å². The van der Waals surface area contributed by atoms with Crippen molar-refractivity contribution in [3.8, 4) is 5.75 Å². The summed E-state index contributed by atoms with van der Waals surface area (Å²) in [6, 6.07) is 10.2. The van der Waals surface area contributed by atoms with E-state index in [9.17, 15) is 14.5 Å². The molecule has 0 heterocycles. The Morgan fingerprint density at radius 3 is 2.67 bits per heavy atom. The van der Waals surface area contributed by atoms with Crippen LogP contribution in [0.4, 0.5) is 15.8 Å². The Morgan fingerprint density at radius 2 is 2.00 bits per heavy atom. The molecule has 0 saturated carbocycles. The van der Waals surface area contributed by atoms with Crippen LogP contribution in [0.15, 0.2) is 42.5 Å². The number of hydrogen-bond acceptors (Lipinski definition) is 4. The molecule has 2 aromatic carbocycles. The Labute approximate surface area is 121 Å². The van der Waals surface area contributed by atoms with E-state index in [1.165, 1.54) is 31.4 Å². The van der Waals surface area contributed by atoms with E-state index < -0.39 is 4.92 Å². The molecule has 21 heavy (non-hydrogen) atoms. The molecule has 0 radical (unpaired) electrons. The van der Waals surface area contributed by atoms with E-state index in [-0.39, 0.29) is 17.5 Å². The van der Waals surface area contributed by atoms with E-state index in [0.29, 0.717) is 17.0 Å². The average molecular weight is 290 g/mol. The average Bonchev–Trinajstić information content (AvgIpc) is 2.47. The summed E-state index contributed by atoms with van der Waals surface area (Å²) in [5, 5.41) is 14.0. The highest BCUT2D eigenvalue weighted by Crippen LogP contribution is 2.31. The SMILES string of the molecule is COc1ccc(F)cc1[C@@H](C)Nc1ccccc1[N+](=O)[O-]. The van der Waals surface area contributed by atoms with Crippen LogP contribution in [0, 0.1) is 15.9 Å². The van der Waals surface area contributed by atoms with Gasteiger partial charge in [0, 0.05) is 11.6 Å². The van der Waals surface area contributed by atoms with Gasteiger partial charge in [-0.05, 0) is 31.2 Å². The van der Waals surface area contributed by atoms with Crippen LogP contribution in [-0.4, -0.2) is 12.0 Å². The number of methoxy groups -OCH3 is 1. The predicted molar refractivity (Wildman–Crippen MR) is 78.1 cm³/mol. The standard InChI is InChI=1S/C15H15FN2O3/c1-10(12-9-11(16)7-8-15(12)21-2)17-13-5-3-4-6-14(13)18(19)20/h3-10,17H,1-2H3/t10-/m1/s1. The molecule has 0 unspecified atom stereocenters. The predicted octanol–water partition coefficient (Wildman–Crippen LogP) is 3.92. The number of anilines is 1. The summed E-state index contributed by atoms with van der Waals surface area (Å²) in [5.41, 5.74) is 0.941. The van der Waals surface area contributed by atoms with Crippen molar-refractivity contribution >= 4 is 11.4 Å². The highest BCUT2D eigenvalue weighted by Gasteiger charge is 2.17. The Hall–Kier alpha value is -2.63. The van der Waals surface area contributed by atoms with Crippen LogP contribution in [0.5, 0.6) is 5.75 Å². The van der Waals surface area contributed by atoms with E-state index in [2.05, 4.69) is 5.32 Å². The van der Waals surface area contributed by atoms with Crippen LogP contribution in [0.2, 0.25) is 0 Å². The van der Waals surface area contributed by atoms with Gasteiger partial charge in [0.25, 0.3) is 5.69 Å². The van der Waals surface area contributed by atoms with Gasteiger partial charge < -0.3 is 10.1 Å². The van der Waals surface area contributed by atoms with Gasteiger partial charge in [-0.2, -0.15) is 0 Å². The number of nitro benzene ring substituents is 1. The van der Waals surface area contributed by atoms with Gasteiger partial charge in [0.15, 0.2) is 0 Å². The van der Waals surface area contributed by atoms with Crippen LogP contribution in [-0.2, 0) is 0 Å². The summed E-state index contributed by atoms with van der Waals surface area (Å²) < 4.78 is 18.6. The third-order valence-electron chi connectivity index (χ3n) is 3.13. The van der Waals surface area contributed by atoms with E-state index in [4.69, 9.17) is 4.74 Å². The van der Waals surface area contributed by atoms with Crippen molar-refractivity contribution in [3.63, 3.8) is 0 Å². The van der Waals surface area contributed by atoms with Crippen molar-refractivity contribution in [2.24, 2.45) is 0 Å². The fraction of sp³-hybridized carbons (Fsp3) is 0.200. The van der Waals surface area contributed by atoms with Gasteiger partial charge in [-0.3, -0.25) is 10.1 Å². The number of ether oxygens (including phenoxy) is 1. The maximum atomic E-state index is 13.4. The second-order valence-corrected chi connectivity index (χ2v) is 4.53. The molecule has 0 spiro atoms. The number of nitrogens with one attached hydrogen (secondary N) is 1. The lowest BCUT2D eigenvalue weighted by Crippen LogP contribution is -2.10. The summed E-state index contributed by atoms with van der Waals surface area (Å²) in [6.07, 6.45) is 0. The van der Waals surface area contributed by atoms with Crippen LogP contribution in [0.25, 0.3) is 0 Å². The second-order valence-electron chi connectivity index (χ2n) is 4.53. The van der Waals surface area contributed by atoms with Gasteiger partial charge in [-0.1, -0.05) is 12.1 Å². The van der Waals surface area contributed by atoms with Crippen LogP contribution < -0.4 is 10.1 Å². The first kappa shape index (κ1) is 14.8. The Morgan fingerprint density at radius 1 is 1.29 bits per heavy atom. The zero-order valence-corrected chi connectivity index (χ0v) is 11.7. The molecule has 5 nitrogen and oxygen atoms in total. The summed E-state index contributed by atoms with van der Waals surface area (Å²) >= 11 is 0. The van der Waals surface area contributed by atoms with E-state index in [0.717, 1.165) is 0 Å². The van der Waals surface area contributed by atoms with Gasteiger partial charge in [0.05, 0.1) is 18.1 Å². The lowest BCUT2D eigenvalue weighted by molar-refractivity contribution is -0.384. The molecule has 1 N–H and O–H groups in total. The van der Waals surface area contributed by atoms with Crippen molar-refractivity contribution in [1.29, 1.82) is 0 Å². The molecule has 0 aliphatic rings. The van der Waals surface area contributed by atoms with Gasteiger partial charge in [0.2, 0.25) is 0 Å². The minimum absolute atomic E-state index is 0.0280. The third kappa shape index (κ3) is 3.28. The quantitative estimate of drug-likeness (QED) is 0.669. The lowest BCUT2D eigenvalue weighted by atomic mass is 10.1. The molecule has 0 fully saturated rings. The molecule has 0 aromatic heterocycles. The highest BCUT2D eigenvalue weighted by molar-refractivity contribution is 5.62. The molecule has 1 atom stereocenters. The van der Waals surface area contributed by atoms with Crippen LogP contribution >= 0.6 is 0 Å². The third-order valence-corrected chi connectivity index (χ3v) is 3.13. The minimum atomic E-state index is -0.460. The Balaban J connectivity index is 2.32. The molecule has 6 heteroatoms. The van der Waals surface area contributed by atoms with E-state index in [1.807, 2.05) is 0 Å². The van der Waals surface area contributed by atoms with Crippen LogP contribution in [0.1, 0.15) is 18.5 Å². The topological polar surface area (TPSA) is 64.4 Å². The fourth-order valence-electron chi connectivity index (χ4n) is 2.11. The molecule has 0 aliphatic carbocycles. The Kier molecular flexibility index (Phi) is 4.37. The summed E-state index contributed by atoms with van der Waals surface area (Å²) in [7, 11) is 1.49. The molecule has 0 saturated heterocycles. The number of benzene rings is 2. The van der Waals surface area contributed by atoms with E-state index in [1.54, 1.807) is 25.1 Å². The molecular weight excluding hydrogens is 275 g/mol. The second kappa shape index (κ2) is 6.21. The van der Waals surface area contributed by atoms with Crippen molar-refractivity contribution in [2.45, 2.75) is 13.0 Å². The number of hydrogen-bond donors (Lipinski definition) is 1. The molecule has 0 amide bonds. The van der Waals surface area contributed by atoms with Gasteiger partial charge >= 0.3 is 0 Å². The molecule has 2 aromatic rings. The first-order chi connectivity index (χ1) is 10.0. The number of rotatable bonds is 5. The van der Waals surface area contributed by atoms with Gasteiger partial charge in [-0.25, -0.2) is 4.39 Å². The molecule has 2 rings (SSSR count). The maximum Gasteiger partial charge on any atom is 0.292 e. The monoisotopic (exact) mass is 290 g/mol. The van der Waals surface area contributed by atoms with Gasteiger partial charge in [0.1, 0.15) is 17.3 Å². The van der Waals surface area contributed by atoms with Crippen molar-refractivity contribution in [2.75, 3.05) is 12.4 Å². The lowest BCUT2D eigenvalue weighted by Gasteiger charge is -2.18. The highest BCUT2D eigenvalue weighted by atomic mass is 19.1. The number of para-hydroxylation sites is 2.